The highest BCUT2D eigenvalue weighted by molar-refractivity contribution is 6.25. The molecule has 0 spiro atoms. The van der Waals surface area contributed by atoms with Crippen molar-refractivity contribution in [3.05, 3.63) is 182 Å². The van der Waals surface area contributed by atoms with Gasteiger partial charge in [0.1, 0.15) is 22.7 Å². The Balaban J connectivity index is 1.18. The Hall–Kier alpha value is -6.90. The summed E-state index contributed by atoms with van der Waals surface area (Å²) in [6.07, 6.45) is 0. The second-order valence-corrected chi connectivity index (χ2v) is 14.0. The van der Waals surface area contributed by atoms with E-state index in [1.165, 1.54) is 65.3 Å². The summed E-state index contributed by atoms with van der Waals surface area (Å²) >= 11 is 0. The predicted molar refractivity (Wildman–Crippen MR) is 222 cm³/mol. The van der Waals surface area contributed by atoms with Crippen LogP contribution in [0.1, 0.15) is 5.76 Å². The SMILES string of the molecule is Cc1ccc(-c2c3ccccc3c(-c3ccc4oc5c(-c6c7ccccc7c(-c7ccccc7)c7ccccc67)cccc5c4c3)c3ccccc23)o1. The highest BCUT2D eigenvalue weighted by Crippen LogP contribution is 2.48. The molecule has 2 heteroatoms. The molecular formula is C51H32O2. The summed E-state index contributed by atoms with van der Waals surface area (Å²) in [5.41, 5.74) is 10.0. The van der Waals surface area contributed by atoms with Gasteiger partial charge < -0.3 is 8.83 Å². The van der Waals surface area contributed by atoms with Gasteiger partial charge in [-0.25, -0.2) is 0 Å². The Morgan fingerprint density at radius 3 is 1.36 bits per heavy atom. The molecule has 0 aliphatic rings. The highest BCUT2D eigenvalue weighted by Gasteiger charge is 2.22. The third-order valence-electron chi connectivity index (χ3n) is 11.0. The molecule has 0 amide bonds. The normalized spacial score (nSPS) is 11.9. The maximum Gasteiger partial charge on any atom is 0.143 e. The summed E-state index contributed by atoms with van der Waals surface area (Å²) in [7, 11) is 0. The Kier molecular flexibility index (Phi) is 6.50. The molecule has 0 aliphatic carbocycles. The maximum atomic E-state index is 6.88. The van der Waals surface area contributed by atoms with E-state index in [-0.39, 0.29) is 0 Å². The molecule has 0 fully saturated rings. The standard InChI is InChI=1S/C51H32O2/c1-31-26-28-46(52-31)50-40-22-11-7-18-36(40)48(37-19-8-12-23-41(37)50)33-27-29-45-44(30-33)42-24-13-25-43(51(42)53-45)49-38-20-9-5-16-34(38)47(32-14-3-2-4-15-32)35-17-6-10-21-39(35)49/h2-30H,1H3. The molecule has 0 saturated heterocycles. The van der Waals surface area contributed by atoms with Gasteiger partial charge in [-0.05, 0) is 96.5 Å². The largest absolute Gasteiger partial charge is 0.461 e. The van der Waals surface area contributed by atoms with E-state index < -0.39 is 0 Å². The molecule has 0 radical (unpaired) electrons. The summed E-state index contributed by atoms with van der Waals surface area (Å²) in [6.45, 7) is 2.00. The van der Waals surface area contributed by atoms with Gasteiger partial charge in [0, 0.05) is 27.5 Å². The van der Waals surface area contributed by atoms with Gasteiger partial charge in [-0.3, -0.25) is 0 Å². The molecule has 248 valence electrons. The topological polar surface area (TPSA) is 26.3 Å². The Morgan fingerprint density at radius 2 is 0.811 bits per heavy atom. The zero-order chi connectivity index (χ0) is 35.0. The number of hydrogen-bond acceptors (Lipinski definition) is 2. The van der Waals surface area contributed by atoms with E-state index in [2.05, 4.69) is 170 Å². The molecule has 11 aromatic rings. The molecule has 2 nitrogen and oxygen atoms in total. The van der Waals surface area contributed by atoms with Crippen molar-refractivity contribution in [3.8, 4) is 44.7 Å². The van der Waals surface area contributed by atoms with Gasteiger partial charge in [0.15, 0.2) is 0 Å². The van der Waals surface area contributed by atoms with Crippen molar-refractivity contribution in [1.82, 2.24) is 0 Å². The second-order valence-electron chi connectivity index (χ2n) is 14.0. The van der Waals surface area contributed by atoms with Crippen LogP contribution in [0.4, 0.5) is 0 Å². The van der Waals surface area contributed by atoms with Gasteiger partial charge >= 0.3 is 0 Å². The van der Waals surface area contributed by atoms with Crippen LogP contribution in [0.3, 0.4) is 0 Å². The first-order valence-electron chi connectivity index (χ1n) is 18.2. The van der Waals surface area contributed by atoms with Crippen molar-refractivity contribution in [2.75, 3.05) is 0 Å². The van der Waals surface area contributed by atoms with Gasteiger partial charge in [0.2, 0.25) is 0 Å². The first-order chi connectivity index (χ1) is 26.2. The minimum atomic E-state index is 0.877. The predicted octanol–water partition coefficient (Wildman–Crippen LogP) is 14.8. The van der Waals surface area contributed by atoms with Crippen molar-refractivity contribution in [1.29, 1.82) is 0 Å². The Morgan fingerprint density at radius 1 is 0.321 bits per heavy atom. The summed E-state index contributed by atoms with van der Waals surface area (Å²) in [4.78, 5) is 0. The lowest BCUT2D eigenvalue weighted by molar-refractivity contribution is 0.549. The van der Waals surface area contributed by atoms with E-state index in [1.54, 1.807) is 0 Å². The van der Waals surface area contributed by atoms with Crippen LogP contribution in [0.25, 0.3) is 110 Å². The lowest BCUT2D eigenvalue weighted by atomic mass is 9.85. The van der Waals surface area contributed by atoms with Gasteiger partial charge in [-0.15, -0.1) is 0 Å². The quantitative estimate of drug-likeness (QED) is 0.173. The van der Waals surface area contributed by atoms with E-state index in [1.807, 2.05) is 13.0 Å². The van der Waals surface area contributed by atoms with Crippen LogP contribution in [0.2, 0.25) is 0 Å². The molecule has 0 saturated carbocycles. The minimum Gasteiger partial charge on any atom is -0.461 e. The summed E-state index contributed by atoms with van der Waals surface area (Å²) in [5.74, 6) is 1.80. The molecule has 0 unspecified atom stereocenters. The van der Waals surface area contributed by atoms with E-state index >= 15 is 0 Å². The molecule has 0 atom stereocenters. The van der Waals surface area contributed by atoms with E-state index in [4.69, 9.17) is 8.83 Å². The van der Waals surface area contributed by atoms with Crippen molar-refractivity contribution >= 4 is 65.0 Å². The van der Waals surface area contributed by atoms with Crippen molar-refractivity contribution in [2.24, 2.45) is 0 Å². The molecule has 2 heterocycles. The third kappa shape index (κ3) is 4.46. The number of furan rings is 2. The van der Waals surface area contributed by atoms with Crippen molar-refractivity contribution in [2.45, 2.75) is 6.92 Å². The molecule has 0 aliphatic heterocycles. The van der Waals surface area contributed by atoms with Crippen LogP contribution in [0.5, 0.6) is 0 Å². The van der Waals surface area contributed by atoms with Crippen molar-refractivity contribution in [3.63, 3.8) is 0 Å². The summed E-state index contributed by atoms with van der Waals surface area (Å²) < 4.78 is 13.1. The molecule has 53 heavy (non-hydrogen) atoms. The van der Waals surface area contributed by atoms with Gasteiger partial charge in [-0.2, -0.15) is 0 Å². The van der Waals surface area contributed by atoms with Crippen LogP contribution >= 0.6 is 0 Å². The van der Waals surface area contributed by atoms with Crippen molar-refractivity contribution < 1.29 is 8.83 Å². The molecule has 9 aromatic carbocycles. The summed E-state index contributed by atoms with van der Waals surface area (Å²) in [6, 6.07) is 63.2. The molecule has 2 aromatic heterocycles. The van der Waals surface area contributed by atoms with Crippen LogP contribution in [-0.4, -0.2) is 0 Å². The third-order valence-corrected chi connectivity index (χ3v) is 11.0. The number of para-hydroxylation sites is 1. The lowest BCUT2D eigenvalue weighted by Crippen LogP contribution is -1.91. The zero-order valence-corrected chi connectivity index (χ0v) is 29.1. The van der Waals surface area contributed by atoms with Gasteiger partial charge in [0.05, 0.1) is 0 Å². The number of aryl methyl sites for hydroxylation is 1. The monoisotopic (exact) mass is 676 g/mol. The Labute approximate surface area is 306 Å². The lowest BCUT2D eigenvalue weighted by Gasteiger charge is -2.17. The molecule has 0 bridgehead atoms. The number of hydrogen-bond donors (Lipinski definition) is 0. The van der Waals surface area contributed by atoms with Crippen LogP contribution in [0, 0.1) is 6.92 Å². The maximum absolute atomic E-state index is 6.88. The number of rotatable bonds is 4. The fourth-order valence-electron chi connectivity index (χ4n) is 8.76. The van der Waals surface area contributed by atoms with Gasteiger partial charge in [-0.1, -0.05) is 152 Å². The van der Waals surface area contributed by atoms with Crippen LogP contribution < -0.4 is 0 Å². The van der Waals surface area contributed by atoms with Crippen LogP contribution in [0.15, 0.2) is 185 Å². The van der Waals surface area contributed by atoms with E-state index in [9.17, 15) is 0 Å². The number of benzene rings is 9. The zero-order valence-electron chi connectivity index (χ0n) is 29.1. The molecular weight excluding hydrogens is 645 g/mol. The summed E-state index contributed by atoms with van der Waals surface area (Å²) in [5, 5.41) is 11.8. The Bertz CT molecular complexity index is 3120. The fourth-order valence-corrected chi connectivity index (χ4v) is 8.76. The number of fused-ring (bicyclic) bond motifs is 7. The molecule has 0 N–H and O–H groups in total. The highest BCUT2D eigenvalue weighted by atomic mass is 16.3. The van der Waals surface area contributed by atoms with E-state index in [0.717, 1.165) is 50.1 Å². The average Bonchev–Trinajstić information content (AvgIpc) is 3.82. The second kappa shape index (κ2) is 11.6. The minimum absolute atomic E-state index is 0.877. The first-order valence-corrected chi connectivity index (χ1v) is 18.2. The van der Waals surface area contributed by atoms with Crippen LogP contribution in [-0.2, 0) is 0 Å². The smallest absolute Gasteiger partial charge is 0.143 e. The average molecular weight is 677 g/mol. The van der Waals surface area contributed by atoms with Gasteiger partial charge in [0.25, 0.3) is 0 Å². The fraction of sp³-hybridized carbons (Fsp3) is 0.0196. The van der Waals surface area contributed by atoms with E-state index in [0.29, 0.717) is 0 Å². The first kappa shape index (κ1) is 29.8. The molecule has 11 rings (SSSR count).